The first-order valence-electron chi connectivity index (χ1n) is 9.81. The molecule has 0 aliphatic carbocycles. The van der Waals surface area contributed by atoms with Gasteiger partial charge in [0.1, 0.15) is 0 Å². The van der Waals surface area contributed by atoms with Crippen molar-refractivity contribution in [3.8, 4) is 11.5 Å². The zero-order valence-corrected chi connectivity index (χ0v) is 16.8. The summed E-state index contributed by atoms with van der Waals surface area (Å²) in [5.74, 6) is 1.55. The smallest absolute Gasteiger partial charge is 0.221 e. The van der Waals surface area contributed by atoms with Crippen LogP contribution >= 0.6 is 0 Å². The fourth-order valence-corrected chi connectivity index (χ4v) is 3.69. The largest absolute Gasteiger partial charge is 0.493 e. The summed E-state index contributed by atoms with van der Waals surface area (Å²) in [6, 6.07) is 15.9. The highest BCUT2D eigenvalue weighted by molar-refractivity contribution is 5.92. The molecule has 2 aromatic carbocycles. The number of carbonyl (C=O) groups excluding carboxylic acids is 1. The maximum atomic E-state index is 11.3. The van der Waals surface area contributed by atoms with Crippen LogP contribution in [0.2, 0.25) is 0 Å². The molecule has 6 heteroatoms. The Morgan fingerprint density at radius 3 is 2.97 bits per heavy atom. The highest BCUT2D eigenvalue weighted by Crippen LogP contribution is 2.33. The van der Waals surface area contributed by atoms with Gasteiger partial charge in [-0.15, -0.1) is 0 Å². The molecule has 1 aliphatic rings. The molecule has 0 unspecified atom stereocenters. The van der Waals surface area contributed by atoms with E-state index >= 15 is 0 Å². The van der Waals surface area contributed by atoms with Gasteiger partial charge < -0.3 is 14.8 Å². The second-order valence-corrected chi connectivity index (χ2v) is 7.25. The summed E-state index contributed by atoms with van der Waals surface area (Å²) >= 11 is 0. The number of anilines is 1. The van der Waals surface area contributed by atoms with Gasteiger partial charge in [0.2, 0.25) is 5.91 Å². The molecule has 4 rings (SSSR count). The number of ether oxygens (including phenoxy) is 2. The summed E-state index contributed by atoms with van der Waals surface area (Å²) < 4.78 is 11.4. The lowest BCUT2D eigenvalue weighted by Crippen LogP contribution is -2.28. The number of pyridine rings is 1. The summed E-state index contributed by atoms with van der Waals surface area (Å²) in [5, 5.41) is 3.82. The van der Waals surface area contributed by atoms with Crippen molar-refractivity contribution in [3.05, 3.63) is 59.8 Å². The Morgan fingerprint density at radius 1 is 1.24 bits per heavy atom. The molecule has 0 fully saturated rings. The van der Waals surface area contributed by atoms with E-state index in [2.05, 4.69) is 28.4 Å². The van der Waals surface area contributed by atoms with Gasteiger partial charge in [-0.3, -0.25) is 14.7 Å². The molecule has 0 radical (unpaired) electrons. The maximum absolute atomic E-state index is 11.3. The van der Waals surface area contributed by atoms with Crippen molar-refractivity contribution in [1.82, 2.24) is 9.88 Å². The monoisotopic (exact) mass is 391 g/mol. The van der Waals surface area contributed by atoms with Gasteiger partial charge >= 0.3 is 0 Å². The number of methoxy groups -OCH3 is 1. The summed E-state index contributed by atoms with van der Waals surface area (Å²) in [6.45, 7) is 4.67. The molecule has 150 valence electrons. The van der Waals surface area contributed by atoms with E-state index in [0.29, 0.717) is 6.61 Å². The molecule has 0 bridgehead atoms. The lowest BCUT2D eigenvalue weighted by molar-refractivity contribution is -0.114. The Hall–Kier alpha value is -3.12. The molecule has 0 saturated carbocycles. The Bertz CT molecular complexity index is 1040. The molecule has 3 aromatic rings. The number of fused-ring (bicyclic) bond motifs is 2. The van der Waals surface area contributed by atoms with E-state index in [0.717, 1.165) is 65.4 Å². The molecule has 6 nitrogen and oxygen atoms in total. The Morgan fingerprint density at radius 2 is 2.14 bits per heavy atom. The number of amides is 1. The van der Waals surface area contributed by atoms with E-state index in [1.54, 1.807) is 7.11 Å². The summed E-state index contributed by atoms with van der Waals surface area (Å²) in [7, 11) is 1.67. The molecule has 1 aliphatic heterocycles. The van der Waals surface area contributed by atoms with E-state index in [1.165, 1.54) is 6.92 Å². The van der Waals surface area contributed by atoms with E-state index in [1.807, 2.05) is 30.3 Å². The van der Waals surface area contributed by atoms with E-state index in [-0.39, 0.29) is 5.91 Å². The minimum absolute atomic E-state index is 0.0769. The number of nitrogens with zero attached hydrogens (tertiary/aromatic N) is 2. The third kappa shape index (κ3) is 4.49. The lowest BCUT2D eigenvalue weighted by atomic mass is 10.1. The summed E-state index contributed by atoms with van der Waals surface area (Å²) in [5.41, 5.74) is 3.86. The fourth-order valence-electron chi connectivity index (χ4n) is 3.69. The van der Waals surface area contributed by atoms with Gasteiger partial charge in [0.05, 0.1) is 24.9 Å². The molecule has 29 heavy (non-hydrogen) atoms. The number of hydrogen-bond donors (Lipinski definition) is 1. The maximum Gasteiger partial charge on any atom is 0.221 e. The van der Waals surface area contributed by atoms with Crippen LogP contribution in [0.3, 0.4) is 0 Å². The molecule has 1 N–H and O–H groups in total. The number of para-hydroxylation sites is 1. The Labute approximate surface area is 170 Å². The SMILES string of the molecule is COc1cccc2c1OCCCN(Cc1ccc3cc(NC(C)=O)ccc3n1)C2. The van der Waals surface area contributed by atoms with Crippen molar-refractivity contribution in [3.63, 3.8) is 0 Å². The van der Waals surface area contributed by atoms with E-state index < -0.39 is 0 Å². The first-order chi connectivity index (χ1) is 14.1. The first kappa shape index (κ1) is 19.2. The van der Waals surface area contributed by atoms with Crippen LogP contribution in [0.1, 0.15) is 24.6 Å². The molecular formula is C23H25N3O3. The van der Waals surface area contributed by atoms with Crippen LogP contribution in [-0.2, 0) is 17.9 Å². The van der Waals surface area contributed by atoms with Gasteiger partial charge in [0, 0.05) is 43.2 Å². The van der Waals surface area contributed by atoms with Crippen molar-refractivity contribution >= 4 is 22.5 Å². The van der Waals surface area contributed by atoms with Crippen molar-refractivity contribution in [1.29, 1.82) is 0 Å². The van der Waals surface area contributed by atoms with Crippen molar-refractivity contribution in [2.75, 3.05) is 25.6 Å². The second kappa shape index (κ2) is 8.49. The molecule has 0 spiro atoms. The third-order valence-electron chi connectivity index (χ3n) is 4.99. The van der Waals surface area contributed by atoms with Gasteiger partial charge in [-0.1, -0.05) is 18.2 Å². The standard InChI is InChI=1S/C23H25N3O3/c1-16(27)24-19-9-10-21-17(13-19)7-8-20(25-21)15-26-11-4-12-29-23-18(14-26)5-3-6-22(23)28-2/h3,5-10,13H,4,11-12,14-15H2,1-2H3,(H,24,27). The van der Waals surface area contributed by atoms with Crippen LogP contribution in [0.15, 0.2) is 48.5 Å². The average Bonchev–Trinajstić information content (AvgIpc) is 2.69. The molecule has 2 heterocycles. The quantitative estimate of drug-likeness (QED) is 0.729. The number of rotatable bonds is 4. The molecule has 1 amide bonds. The predicted octanol–water partition coefficient (Wildman–Crippen LogP) is 3.99. The minimum atomic E-state index is -0.0769. The van der Waals surface area contributed by atoms with Gasteiger partial charge in [0.15, 0.2) is 11.5 Å². The second-order valence-electron chi connectivity index (χ2n) is 7.25. The topological polar surface area (TPSA) is 63.7 Å². The van der Waals surface area contributed by atoms with Crippen LogP contribution in [0.5, 0.6) is 11.5 Å². The Kier molecular flexibility index (Phi) is 5.62. The lowest BCUT2D eigenvalue weighted by Gasteiger charge is -2.27. The van der Waals surface area contributed by atoms with E-state index in [4.69, 9.17) is 14.5 Å². The predicted molar refractivity (Wildman–Crippen MR) is 113 cm³/mol. The van der Waals surface area contributed by atoms with Crippen LogP contribution in [0.4, 0.5) is 5.69 Å². The van der Waals surface area contributed by atoms with Gasteiger partial charge in [-0.25, -0.2) is 0 Å². The van der Waals surface area contributed by atoms with Gasteiger partial charge in [-0.2, -0.15) is 0 Å². The van der Waals surface area contributed by atoms with E-state index in [9.17, 15) is 4.79 Å². The van der Waals surface area contributed by atoms with Crippen LogP contribution in [0, 0.1) is 0 Å². The van der Waals surface area contributed by atoms with Crippen LogP contribution in [0.25, 0.3) is 10.9 Å². The zero-order chi connectivity index (χ0) is 20.2. The number of aromatic nitrogens is 1. The van der Waals surface area contributed by atoms with Crippen molar-refractivity contribution in [2.45, 2.75) is 26.4 Å². The fraction of sp³-hybridized carbons (Fsp3) is 0.304. The third-order valence-corrected chi connectivity index (χ3v) is 4.99. The number of nitrogens with one attached hydrogen (secondary N) is 1. The normalized spacial score (nSPS) is 14.4. The van der Waals surface area contributed by atoms with Crippen molar-refractivity contribution in [2.24, 2.45) is 0 Å². The highest BCUT2D eigenvalue weighted by atomic mass is 16.5. The first-order valence-corrected chi connectivity index (χ1v) is 9.81. The number of benzene rings is 2. The number of hydrogen-bond acceptors (Lipinski definition) is 5. The summed E-state index contributed by atoms with van der Waals surface area (Å²) in [6.07, 6.45) is 0.950. The molecule has 0 saturated heterocycles. The van der Waals surface area contributed by atoms with Gasteiger partial charge in [-0.05, 0) is 36.8 Å². The minimum Gasteiger partial charge on any atom is -0.493 e. The number of carbonyl (C=O) groups is 1. The zero-order valence-electron chi connectivity index (χ0n) is 16.8. The average molecular weight is 391 g/mol. The van der Waals surface area contributed by atoms with Crippen LogP contribution in [-0.4, -0.2) is 36.1 Å². The Balaban J connectivity index is 1.54. The van der Waals surface area contributed by atoms with Gasteiger partial charge in [0.25, 0.3) is 0 Å². The van der Waals surface area contributed by atoms with Crippen LogP contribution < -0.4 is 14.8 Å². The molecular weight excluding hydrogens is 366 g/mol. The van der Waals surface area contributed by atoms with Crippen molar-refractivity contribution < 1.29 is 14.3 Å². The molecule has 1 aromatic heterocycles. The summed E-state index contributed by atoms with van der Waals surface area (Å²) in [4.78, 5) is 18.5. The highest BCUT2D eigenvalue weighted by Gasteiger charge is 2.18. The molecule has 0 atom stereocenters.